The maximum atomic E-state index is 15.3. The summed E-state index contributed by atoms with van der Waals surface area (Å²) in [6.45, 7) is 8.46. The molecule has 1 unspecified atom stereocenters. The van der Waals surface area contributed by atoms with Gasteiger partial charge in [0.25, 0.3) is 0 Å². The number of hydrogen-bond acceptors (Lipinski definition) is 8. The number of aromatic nitrogens is 1. The van der Waals surface area contributed by atoms with E-state index in [1.807, 2.05) is 0 Å². The van der Waals surface area contributed by atoms with Gasteiger partial charge in [0, 0.05) is 67.3 Å². The van der Waals surface area contributed by atoms with Crippen molar-refractivity contribution in [2.24, 2.45) is 11.3 Å². The molecule has 1 aromatic heterocycles. The van der Waals surface area contributed by atoms with Crippen molar-refractivity contribution < 1.29 is 32.6 Å². The standard InChI is InChI=1S/C36H39F2N5O5/c1-22-20-36(22,34(44)41-25-7-5-24(37)6-8-25)35(45)42-26-9-10-31(28(38)17-26)48-30-11-12-40-29-19-33(32(46-3)18-27(29)30)47-16-4-14-43-15-13-39-21-23(43)2/h5-12,17-19,22-23,39H,4,13-16,20-21H2,1-3H3,(H,41,44)(H,42,45)/t22-,23?,36-/m1/s1. The van der Waals surface area contributed by atoms with E-state index >= 15 is 4.39 Å². The van der Waals surface area contributed by atoms with E-state index in [1.165, 1.54) is 36.4 Å². The number of anilines is 2. The van der Waals surface area contributed by atoms with E-state index < -0.39 is 28.9 Å². The molecule has 12 heteroatoms. The van der Waals surface area contributed by atoms with Crippen molar-refractivity contribution in [3.05, 3.63) is 78.5 Å². The number of nitrogens with zero attached hydrogens (tertiary/aromatic N) is 2. The smallest absolute Gasteiger partial charge is 0.240 e. The van der Waals surface area contributed by atoms with Crippen LogP contribution in [0.5, 0.6) is 23.0 Å². The number of amides is 2. The van der Waals surface area contributed by atoms with Crippen LogP contribution in [0.4, 0.5) is 20.2 Å². The summed E-state index contributed by atoms with van der Waals surface area (Å²) in [5, 5.41) is 9.36. The molecule has 0 radical (unpaired) electrons. The molecule has 1 aliphatic carbocycles. The van der Waals surface area contributed by atoms with Gasteiger partial charge in [-0.15, -0.1) is 0 Å². The summed E-state index contributed by atoms with van der Waals surface area (Å²) in [6, 6.07) is 15.0. The average Bonchev–Trinajstić information content (AvgIpc) is 3.78. The van der Waals surface area contributed by atoms with Crippen molar-refractivity contribution in [1.82, 2.24) is 15.2 Å². The number of halogens is 2. The van der Waals surface area contributed by atoms with Crippen molar-refractivity contribution in [2.75, 3.05) is 50.5 Å². The molecule has 1 saturated carbocycles. The Hall–Kier alpha value is -4.81. The number of benzene rings is 3. The lowest BCUT2D eigenvalue weighted by Crippen LogP contribution is -2.50. The second kappa shape index (κ2) is 14.1. The molecule has 48 heavy (non-hydrogen) atoms. The first-order chi connectivity index (χ1) is 23.2. The van der Waals surface area contributed by atoms with Crippen LogP contribution in [-0.4, -0.2) is 67.6 Å². The van der Waals surface area contributed by atoms with Crippen LogP contribution in [0.1, 0.15) is 26.7 Å². The fourth-order valence-corrected chi connectivity index (χ4v) is 6.11. The maximum Gasteiger partial charge on any atom is 0.240 e. The van der Waals surface area contributed by atoms with Crippen molar-refractivity contribution in [1.29, 1.82) is 0 Å². The van der Waals surface area contributed by atoms with Crippen LogP contribution in [0, 0.1) is 23.0 Å². The van der Waals surface area contributed by atoms with E-state index in [0.29, 0.717) is 52.9 Å². The van der Waals surface area contributed by atoms with Gasteiger partial charge in [0.05, 0.1) is 19.2 Å². The maximum absolute atomic E-state index is 15.3. The summed E-state index contributed by atoms with van der Waals surface area (Å²) in [5.41, 5.74) is -0.180. The highest BCUT2D eigenvalue weighted by Gasteiger charge is 2.63. The van der Waals surface area contributed by atoms with E-state index in [0.717, 1.165) is 38.7 Å². The lowest BCUT2D eigenvalue weighted by molar-refractivity contribution is -0.131. The first-order valence-corrected chi connectivity index (χ1v) is 16.1. The quantitative estimate of drug-likeness (QED) is 0.126. The van der Waals surface area contributed by atoms with Crippen LogP contribution in [0.2, 0.25) is 0 Å². The Bertz CT molecular complexity index is 1810. The van der Waals surface area contributed by atoms with Gasteiger partial charge in [-0.05, 0) is 74.2 Å². The number of rotatable bonds is 12. The second-order valence-corrected chi connectivity index (χ2v) is 12.4. The average molecular weight is 660 g/mol. The van der Waals surface area contributed by atoms with Crippen molar-refractivity contribution >= 4 is 34.1 Å². The molecule has 3 atom stereocenters. The molecular formula is C36H39F2N5O5. The molecule has 3 aromatic carbocycles. The molecule has 2 heterocycles. The van der Waals surface area contributed by atoms with Gasteiger partial charge in [0.2, 0.25) is 11.8 Å². The first-order valence-electron chi connectivity index (χ1n) is 16.1. The summed E-state index contributed by atoms with van der Waals surface area (Å²) >= 11 is 0. The molecule has 252 valence electrons. The third kappa shape index (κ3) is 7.04. The van der Waals surface area contributed by atoms with Gasteiger partial charge in [-0.3, -0.25) is 19.5 Å². The Balaban J connectivity index is 1.11. The van der Waals surface area contributed by atoms with Gasteiger partial charge < -0.3 is 30.2 Å². The second-order valence-electron chi connectivity index (χ2n) is 12.4. The zero-order valence-corrected chi connectivity index (χ0v) is 27.1. The third-order valence-corrected chi connectivity index (χ3v) is 9.10. The fraction of sp³-hybridized carbons (Fsp3) is 0.361. The minimum atomic E-state index is -1.32. The topological polar surface area (TPSA) is 114 Å². The van der Waals surface area contributed by atoms with Gasteiger partial charge >= 0.3 is 0 Å². The lowest BCUT2D eigenvalue weighted by atomic mass is 10.0. The number of ether oxygens (including phenoxy) is 3. The molecule has 4 aromatic rings. The molecule has 2 aliphatic rings. The van der Waals surface area contributed by atoms with Crippen LogP contribution in [0.15, 0.2) is 66.9 Å². The normalized spacial score (nSPS) is 20.6. The minimum absolute atomic E-state index is 0.0644. The highest BCUT2D eigenvalue weighted by molar-refractivity contribution is 6.17. The number of piperazine rings is 1. The largest absolute Gasteiger partial charge is 0.493 e. The molecule has 10 nitrogen and oxygen atoms in total. The number of hydrogen-bond donors (Lipinski definition) is 3. The summed E-state index contributed by atoms with van der Waals surface area (Å²) in [7, 11) is 1.55. The highest BCUT2D eigenvalue weighted by atomic mass is 19.1. The number of methoxy groups -OCH3 is 1. The van der Waals surface area contributed by atoms with Crippen LogP contribution in [0.25, 0.3) is 10.9 Å². The number of carbonyl (C=O) groups is 2. The Kier molecular flexibility index (Phi) is 9.74. The van der Waals surface area contributed by atoms with E-state index in [2.05, 4.69) is 32.8 Å². The van der Waals surface area contributed by atoms with Gasteiger partial charge in [-0.25, -0.2) is 8.78 Å². The van der Waals surface area contributed by atoms with Crippen LogP contribution in [0.3, 0.4) is 0 Å². The molecular weight excluding hydrogens is 620 g/mol. The Morgan fingerprint density at radius 1 is 0.958 bits per heavy atom. The van der Waals surface area contributed by atoms with Gasteiger partial charge in [0.15, 0.2) is 23.1 Å². The number of carbonyl (C=O) groups excluding carboxylic acids is 2. The molecule has 0 spiro atoms. The van der Waals surface area contributed by atoms with Gasteiger partial charge in [0.1, 0.15) is 17.0 Å². The van der Waals surface area contributed by atoms with Crippen LogP contribution >= 0.6 is 0 Å². The fourth-order valence-electron chi connectivity index (χ4n) is 6.11. The third-order valence-electron chi connectivity index (χ3n) is 9.10. The Labute approximate surface area is 277 Å². The Morgan fingerprint density at radius 2 is 1.69 bits per heavy atom. The van der Waals surface area contributed by atoms with Gasteiger partial charge in [-0.1, -0.05) is 6.92 Å². The molecule has 2 amide bonds. The molecule has 0 bridgehead atoms. The van der Waals surface area contributed by atoms with E-state index in [4.69, 9.17) is 14.2 Å². The SMILES string of the molecule is COc1cc2c(Oc3ccc(NC(=O)[C@]4(C(=O)Nc5ccc(F)cc5)C[C@H]4C)cc3F)ccnc2cc1OCCCN1CCNCC1C. The summed E-state index contributed by atoms with van der Waals surface area (Å²) < 4.78 is 46.3. The van der Waals surface area contributed by atoms with Crippen molar-refractivity contribution in [2.45, 2.75) is 32.7 Å². The monoisotopic (exact) mass is 659 g/mol. The number of pyridine rings is 1. The van der Waals surface area contributed by atoms with Crippen molar-refractivity contribution in [3.8, 4) is 23.0 Å². The van der Waals surface area contributed by atoms with Crippen molar-refractivity contribution in [3.63, 3.8) is 0 Å². The minimum Gasteiger partial charge on any atom is -0.493 e. The predicted molar refractivity (Wildman–Crippen MR) is 179 cm³/mol. The van der Waals surface area contributed by atoms with E-state index in [9.17, 15) is 14.0 Å². The molecule has 1 aliphatic heterocycles. The lowest BCUT2D eigenvalue weighted by Gasteiger charge is -2.33. The zero-order chi connectivity index (χ0) is 33.8. The summed E-state index contributed by atoms with van der Waals surface area (Å²) in [6.07, 6.45) is 2.76. The van der Waals surface area contributed by atoms with E-state index in [1.54, 1.807) is 38.4 Å². The summed E-state index contributed by atoms with van der Waals surface area (Å²) in [4.78, 5) is 33.2. The molecule has 6 rings (SSSR count). The van der Waals surface area contributed by atoms with E-state index in [-0.39, 0.29) is 17.4 Å². The number of nitrogens with one attached hydrogen (secondary N) is 3. The predicted octanol–water partition coefficient (Wildman–Crippen LogP) is 5.98. The van der Waals surface area contributed by atoms with Gasteiger partial charge in [-0.2, -0.15) is 0 Å². The first kappa shape index (κ1) is 33.1. The molecule has 1 saturated heterocycles. The summed E-state index contributed by atoms with van der Waals surface area (Å²) in [5.74, 6) is -1.07. The number of fused-ring (bicyclic) bond motifs is 1. The highest BCUT2D eigenvalue weighted by Crippen LogP contribution is 2.53. The molecule has 3 N–H and O–H groups in total. The zero-order valence-electron chi connectivity index (χ0n) is 27.1. The Morgan fingerprint density at radius 3 is 2.38 bits per heavy atom. The van der Waals surface area contributed by atoms with Crippen LogP contribution in [-0.2, 0) is 9.59 Å². The molecule has 2 fully saturated rings. The van der Waals surface area contributed by atoms with Crippen LogP contribution < -0.4 is 30.2 Å².